The fourth-order valence-electron chi connectivity index (χ4n) is 1.91. The van der Waals surface area contributed by atoms with Gasteiger partial charge in [-0.15, -0.1) is 11.8 Å². The molecular weight excluding hydrogens is 330 g/mol. The molecule has 1 aromatic heterocycles. The van der Waals surface area contributed by atoms with Crippen LogP contribution in [0.4, 0.5) is 5.69 Å². The van der Waals surface area contributed by atoms with Gasteiger partial charge in [0.2, 0.25) is 11.8 Å². The summed E-state index contributed by atoms with van der Waals surface area (Å²) in [5, 5.41) is 13.2. The van der Waals surface area contributed by atoms with E-state index in [4.69, 9.17) is 4.74 Å². The van der Waals surface area contributed by atoms with Gasteiger partial charge in [0, 0.05) is 35.8 Å². The Bertz CT molecular complexity index is 722. The molecule has 1 amide bonds. The van der Waals surface area contributed by atoms with Gasteiger partial charge in [-0.25, -0.2) is 4.98 Å². The zero-order valence-electron chi connectivity index (χ0n) is 13.3. The first-order chi connectivity index (χ1) is 11.5. The van der Waals surface area contributed by atoms with Crippen molar-refractivity contribution in [2.45, 2.75) is 23.6 Å². The van der Waals surface area contributed by atoms with E-state index in [1.165, 1.54) is 31.0 Å². The molecule has 1 N–H and O–H groups in total. The number of pyridine rings is 1. The first kappa shape index (κ1) is 17.7. The molecule has 0 fully saturated rings. The smallest absolute Gasteiger partial charge is 0.269 e. The van der Waals surface area contributed by atoms with Gasteiger partial charge in [0.15, 0.2) is 0 Å². The average Bonchev–Trinajstić information content (AvgIpc) is 2.60. The number of hydrogen-bond donors (Lipinski definition) is 1. The quantitative estimate of drug-likeness (QED) is 0.470. The fourth-order valence-corrected chi connectivity index (χ4v) is 2.80. The molecule has 0 aliphatic rings. The maximum Gasteiger partial charge on any atom is 0.269 e. The number of ether oxygens (including phenoxy) is 1. The lowest BCUT2D eigenvalue weighted by atomic mass is 10.2. The van der Waals surface area contributed by atoms with Crippen LogP contribution in [0.1, 0.15) is 12.5 Å². The second kappa shape index (κ2) is 8.30. The van der Waals surface area contributed by atoms with E-state index in [0.717, 1.165) is 10.5 Å². The monoisotopic (exact) mass is 347 g/mol. The molecule has 0 aliphatic carbocycles. The molecule has 24 heavy (non-hydrogen) atoms. The van der Waals surface area contributed by atoms with Gasteiger partial charge in [0.25, 0.3) is 5.69 Å². The number of carbonyl (C=O) groups excluding carboxylic acids is 1. The van der Waals surface area contributed by atoms with Crippen molar-refractivity contribution in [3.8, 4) is 5.88 Å². The molecule has 0 bridgehead atoms. The van der Waals surface area contributed by atoms with E-state index in [1.807, 2.05) is 0 Å². The molecule has 1 unspecified atom stereocenters. The number of amides is 1. The number of benzene rings is 1. The number of nitro benzene ring substituents is 1. The lowest BCUT2D eigenvalue weighted by Gasteiger charge is -2.12. The number of rotatable bonds is 7. The lowest BCUT2D eigenvalue weighted by Crippen LogP contribution is -2.30. The Kier molecular flexibility index (Phi) is 6.14. The van der Waals surface area contributed by atoms with Gasteiger partial charge < -0.3 is 10.1 Å². The Morgan fingerprint density at radius 1 is 1.38 bits per heavy atom. The molecule has 2 rings (SSSR count). The van der Waals surface area contributed by atoms with Crippen molar-refractivity contribution >= 4 is 23.4 Å². The van der Waals surface area contributed by atoms with Crippen molar-refractivity contribution < 1.29 is 14.5 Å². The van der Waals surface area contributed by atoms with Crippen LogP contribution in [0.15, 0.2) is 47.5 Å². The minimum atomic E-state index is -0.451. The van der Waals surface area contributed by atoms with Crippen molar-refractivity contribution in [2.75, 3.05) is 7.11 Å². The van der Waals surface area contributed by atoms with E-state index < -0.39 is 4.92 Å². The standard InChI is InChI=1S/C16H17N3O4S/c1-11(24-14-5-3-13(4-6-14)19(21)22)16(20)18-10-12-7-8-17-15(9-12)23-2/h3-9,11H,10H2,1-2H3,(H,18,20). The summed E-state index contributed by atoms with van der Waals surface area (Å²) >= 11 is 1.34. The van der Waals surface area contributed by atoms with Gasteiger partial charge in [-0.3, -0.25) is 14.9 Å². The lowest BCUT2D eigenvalue weighted by molar-refractivity contribution is -0.384. The Morgan fingerprint density at radius 3 is 2.71 bits per heavy atom. The van der Waals surface area contributed by atoms with Crippen LogP contribution in [-0.4, -0.2) is 28.2 Å². The number of nitro groups is 1. The third-order valence-electron chi connectivity index (χ3n) is 3.20. The second-order valence-electron chi connectivity index (χ2n) is 4.94. The van der Waals surface area contributed by atoms with E-state index in [1.54, 1.807) is 37.4 Å². The van der Waals surface area contributed by atoms with Gasteiger partial charge in [-0.1, -0.05) is 0 Å². The number of carbonyl (C=O) groups is 1. The minimum Gasteiger partial charge on any atom is -0.481 e. The number of thioether (sulfide) groups is 1. The number of nitrogens with zero attached hydrogens (tertiary/aromatic N) is 2. The Hall–Kier alpha value is -2.61. The van der Waals surface area contributed by atoms with Gasteiger partial charge >= 0.3 is 0 Å². The SMILES string of the molecule is COc1cc(CNC(=O)C(C)Sc2ccc([N+](=O)[O-])cc2)ccn1. The highest BCUT2D eigenvalue weighted by molar-refractivity contribution is 8.00. The Balaban J connectivity index is 1.88. The Labute approximate surface area is 143 Å². The Morgan fingerprint density at radius 2 is 2.08 bits per heavy atom. The zero-order chi connectivity index (χ0) is 17.5. The molecule has 8 heteroatoms. The van der Waals surface area contributed by atoms with Crippen LogP contribution >= 0.6 is 11.8 Å². The molecule has 0 saturated heterocycles. The highest BCUT2D eigenvalue weighted by Gasteiger charge is 2.15. The van der Waals surface area contributed by atoms with Crippen LogP contribution in [0.2, 0.25) is 0 Å². The van der Waals surface area contributed by atoms with Crippen LogP contribution in [0.5, 0.6) is 5.88 Å². The summed E-state index contributed by atoms with van der Waals surface area (Å²) in [4.78, 5) is 27.2. The third-order valence-corrected chi connectivity index (χ3v) is 4.32. The summed E-state index contributed by atoms with van der Waals surface area (Å²) in [7, 11) is 1.54. The highest BCUT2D eigenvalue weighted by atomic mass is 32.2. The van der Waals surface area contributed by atoms with Gasteiger partial charge in [-0.05, 0) is 30.7 Å². The van der Waals surface area contributed by atoms with Crippen LogP contribution < -0.4 is 10.1 Å². The molecule has 1 atom stereocenters. The van der Waals surface area contributed by atoms with E-state index in [-0.39, 0.29) is 16.8 Å². The maximum absolute atomic E-state index is 12.2. The third kappa shape index (κ3) is 4.95. The van der Waals surface area contributed by atoms with Crippen molar-refractivity contribution in [2.24, 2.45) is 0 Å². The summed E-state index contributed by atoms with van der Waals surface area (Å²) in [6.07, 6.45) is 1.62. The number of aromatic nitrogens is 1. The summed E-state index contributed by atoms with van der Waals surface area (Å²) in [5.74, 6) is 0.379. The maximum atomic E-state index is 12.2. The average molecular weight is 347 g/mol. The molecule has 1 heterocycles. The first-order valence-corrected chi connectivity index (χ1v) is 8.05. The van der Waals surface area contributed by atoms with E-state index >= 15 is 0 Å². The molecular formula is C16H17N3O4S. The largest absolute Gasteiger partial charge is 0.481 e. The van der Waals surface area contributed by atoms with Crippen LogP contribution in [0, 0.1) is 10.1 Å². The molecule has 126 valence electrons. The number of methoxy groups -OCH3 is 1. The normalized spacial score (nSPS) is 11.6. The molecule has 1 aromatic carbocycles. The summed E-state index contributed by atoms with van der Waals surface area (Å²) in [5.41, 5.74) is 0.922. The van der Waals surface area contributed by atoms with Crippen LogP contribution in [0.25, 0.3) is 0 Å². The predicted octanol–water partition coefficient (Wildman–Crippen LogP) is 2.80. The van der Waals surface area contributed by atoms with Gasteiger partial charge in [-0.2, -0.15) is 0 Å². The van der Waals surface area contributed by atoms with Crippen LogP contribution in [0.3, 0.4) is 0 Å². The predicted molar refractivity (Wildman–Crippen MR) is 91.1 cm³/mol. The van der Waals surface area contributed by atoms with Gasteiger partial charge in [0.1, 0.15) is 0 Å². The number of hydrogen-bond acceptors (Lipinski definition) is 6. The minimum absolute atomic E-state index is 0.0306. The van der Waals surface area contributed by atoms with Crippen molar-refractivity contribution in [3.05, 3.63) is 58.3 Å². The molecule has 7 nitrogen and oxygen atoms in total. The van der Waals surface area contributed by atoms with E-state index in [2.05, 4.69) is 10.3 Å². The van der Waals surface area contributed by atoms with Crippen LogP contribution in [-0.2, 0) is 11.3 Å². The zero-order valence-corrected chi connectivity index (χ0v) is 14.1. The molecule has 0 aliphatic heterocycles. The second-order valence-corrected chi connectivity index (χ2v) is 6.35. The van der Waals surface area contributed by atoms with Gasteiger partial charge in [0.05, 0.1) is 17.3 Å². The fraction of sp³-hybridized carbons (Fsp3) is 0.250. The van der Waals surface area contributed by atoms with E-state index in [0.29, 0.717) is 12.4 Å². The summed E-state index contributed by atoms with van der Waals surface area (Å²) in [6, 6.07) is 9.69. The molecule has 0 saturated carbocycles. The number of nitrogens with one attached hydrogen (secondary N) is 1. The summed E-state index contributed by atoms with van der Waals surface area (Å²) < 4.78 is 5.04. The molecule has 0 spiro atoms. The van der Waals surface area contributed by atoms with Crippen molar-refractivity contribution in [1.29, 1.82) is 0 Å². The molecule has 2 aromatic rings. The molecule has 0 radical (unpaired) electrons. The first-order valence-electron chi connectivity index (χ1n) is 7.17. The summed E-state index contributed by atoms with van der Waals surface area (Å²) in [6.45, 7) is 2.16. The van der Waals surface area contributed by atoms with E-state index in [9.17, 15) is 14.9 Å². The highest BCUT2D eigenvalue weighted by Crippen LogP contribution is 2.25. The topological polar surface area (TPSA) is 94.4 Å². The number of non-ortho nitro benzene ring substituents is 1. The van der Waals surface area contributed by atoms with Crippen molar-refractivity contribution in [3.63, 3.8) is 0 Å². The van der Waals surface area contributed by atoms with Crippen molar-refractivity contribution in [1.82, 2.24) is 10.3 Å².